The Morgan fingerprint density at radius 3 is 2.29 bits per heavy atom. The monoisotopic (exact) mass is 722 g/mol. The summed E-state index contributed by atoms with van der Waals surface area (Å²) in [4.78, 5) is 58.3. The third-order valence-corrected chi connectivity index (χ3v) is 12.4. The number of benzene rings is 1. The lowest BCUT2D eigenvalue weighted by Gasteiger charge is -2.64. The average Bonchev–Trinajstić information content (AvgIpc) is 3.79. The average molecular weight is 723 g/mol. The second kappa shape index (κ2) is 14.5. The molecule has 2 bridgehead atoms. The molecule has 0 spiro atoms. The number of carbonyl (C=O) groups is 4. The van der Waals surface area contributed by atoms with Crippen molar-refractivity contribution in [1.29, 1.82) is 0 Å². The molecular weight excluding hydrogens is 663 g/mol. The van der Waals surface area contributed by atoms with Gasteiger partial charge in [0.05, 0.1) is 30.8 Å². The molecule has 12 nitrogen and oxygen atoms in total. The number of amides is 4. The maximum atomic E-state index is 14.5. The third kappa shape index (κ3) is 7.41. The number of likely N-dealkylation sites (tertiary alicyclic amines) is 1. The molecule has 0 radical (unpaired) electrons. The van der Waals surface area contributed by atoms with Gasteiger partial charge < -0.3 is 34.3 Å². The van der Waals surface area contributed by atoms with Gasteiger partial charge in [0.2, 0.25) is 11.8 Å². The Kier molecular flexibility index (Phi) is 10.7. The largest absolute Gasteiger partial charge is 0.481 e. The van der Waals surface area contributed by atoms with E-state index >= 15 is 0 Å². The first kappa shape index (κ1) is 38.4. The zero-order valence-electron chi connectivity index (χ0n) is 32.5. The SMILES string of the molecule is CCC[C@H](NC(=O)[C@@H]1C[C@@H](OC(=O)N2Cc3ccccc3C2)CN1C(=O)[C@@H](NC(=O)OCC(C)C)C(C)(C)C)B1O[C@@H]2C[C@@H]3C[C@@H](C3(C)C)[C@]2(C)O1. The molecule has 5 fully saturated rings. The summed E-state index contributed by atoms with van der Waals surface area (Å²) in [6, 6.07) is 5.92. The summed E-state index contributed by atoms with van der Waals surface area (Å²) in [6.07, 6.45) is 1.62. The van der Waals surface area contributed by atoms with Gasteiger partial charge >= 0.3 is 19.3 Å². The number of nitrogens with one attached hydrogen (secondary N) is 2. The van der Waals surface area contributed by atoms with Gasteiger partial charge in [-0.15, -0.1) is 0 Å². The van der Waals surface area contributed by atoms with Gasteiger partial charge in [-0.2, -0.15) is 0 Å². The van der Waals surface area contributed by atoms with E-state index in [4.69, 9.17) is 18.8 Å². The number of hydrogen-bond acceptors (Lipinski definition) is 8. The second-order valence-electron chi connectivity index (χ2n) is 18.0. The van der Waals surface area contributed by atoms with E-state index in [1.807, 2.05) is 58.9 Å². The van der Waals surface area contributed by atoms with E-state index in [9.17, 15) is 19.2 Å². The Labute approximate surface area is 309 Å². The second-order valence-corrected chi connectivity index (χ2v) is 18.0. The standard InChI is InChI=1S/C39H59BN4O8/c1-10-13-31(40-51-30-17-26-16-29(38(26,7)8)39(30,9)52-40)41-33(45)28-18-27(50-36(48)43-19-24-14-11-12-15-25(24)20-43)21-44(28)34(46)32(37(4,5)6)42-35(47)49-22-23(2)3/h11-12,14-15,23,26-32H,10,13,16-22H2,1-9H3,(H,41,45)(H,42,47)/t26-,27+,28-,29-,30+,31-,32+,39-/m0/s1. The lowest BCUT2D eigenvalue weighted by atomic mass is 9.43. The summed E-state index contributed by atoms with van der Waals surface area (Å²) in [6.45, 7) is 19.3. The first-order chi connectivity index (χ1) is 24.4. The molecule has 4 amide bonds. The van der Waals surface area contributed by atoms with E-state index in [-0.39, 0.29) is 42.9 Å². The number of nitrogens with zero attached hydrogens (tertiary/aromatic N) is 2. The van der Waals surface area contributed by atoms with E-state index in [0.29, 0.717) is 31.3 Å². The van der Waals surface area contributed by atoms with Gasteiger partial charge in [-0.3, -0.25) is 14.5 Å². The number of fused-ring (bicyclic) bond motifs is 1. The van der Waals surface area contributed by atoms with Crippen molar-refractivity contribution >= 4 is 31.1 Å². The van der Waals surface area contributed by atoms with E-state index in [1.54, 1.807) is 4.90 Å². The summed E-state index contributed by atoms with van der Waals surface area (Å²) in [7, 11) is -0.621. The molecule has 2 saturated heterocycles. The molecule has 3 heterocycles. The fourth-order valence-electron chi connectivity index (χ4n) is 9.21. The van der Waals surface area contributed by atoms with Crippen LogP contribution in [0.15, 0.2) is 24.3 Å². The molecule has 286 valence electrons. The first-order valence-corrected chi connectivity index (χ1v) is 19.3. The summed E-state index contributed by atoms with van der Waals surface area (Å²) in [5.41, 5.74) is 1.16. The minimum Gasteiger partial charge on any atom is -0.449 e. The Morgan fingerprint density at radius 1 is 1.02 bits per heavy atom. The van der Waals surface area contributed by atoms with Crippen LogP contribution < -0.4 is 10.6 Å². The van der Waals surface area contributed by atoms with Gasteiger partial charge in [0.1, 0.15) is 18.2 Å². The van der Waals surface area contributed by atoms with Crippen molar-refractivity contribution < 1.29 is 38.0 Å². The van der Waals surface area contributed by atoms with Crippen molar-refractivity contribution in [2.45, 2.75) is 143 Å². The van der Waals surface area contributed by atoms with Gasteiger partial charge in [0.25, 0.3) is 0 Å². The van der Waals surface area contributed by atoms with Crippen molar-refractivity contribution in [1.82, 2.24) is 20.4 Å². The van der Waals surface area contributed by atoms with Crippen LogP contribution in [0.25, 0.3) is 0 Å². The molecule has 6 aliphatic rings. The minimum atomic E-state index is -1.00. The molecule has 3 saturated carbocycles. The van der Waals surface area contributed by atoms with Crippen LogP contribution in [0.4, 0.5) is 9.59 Å². The maximum Gasteiger partial charge on any atom is 0.481 e. The zero-order chi connectivity index (χ0) is 37.7. The molecule has 0 unspecified atom stereocenters. The number of carbonyl (C=O) groups excluding carboxylic acids is 4. The van der Waals surface area contributed by atoms with Crippen LogP contribution in [0.1, 0.15) is 106 Å². The molecule has 2 N–H and O–H groups in total. The zero-order valence-corrected chi connectivity index (χ0v) is 32.5. The lowest BCUT2D eigenvalue weighted by molar-refractivity contribution is -0.199. The summed E-state index contributed by atoms with van der Waals surface area (Å²) in [5.74, 6) is -0.163. The highest BCUT2D eigenvalue weighted by Crippen LogP contribution is 2.65. The molecule has 7 rings (SSSR count). The molecule has 3 aliphatic carbocycles. The fourth-order valence-corrected chi connectivity index (χ4v) is 9.21. The van der Waals surface area contributed by atoms with Gasteiger partial charge in [-0.05, 0) is 65.9 Å². The highest BCUT2D eigenvalue weighted by atomic mass is 16.7. The summed E-state index contributed by atoms with van der Waals surface area (Å²) < 4.78 is 24.7. The van der Waals surface area contributed by atoms with Gasteiger partial charge in [-0.25, -0.2) is 9.59 Å². The van der Waals surface area contributed by atoms with Gasteiger partial charge in [0.15, 0.2) is 0 Å². The number of ether oxygens (including phenoxy) is 2. The van der Waals surface area contributed by atoms with Crippen molar-refractivity contribution in [3.63, 3.8) is 0 Å². The van der Waals surface area contributed by atoms with E-state index in [1.165, 1.54) is 4.90 Å². The predicted molar refractivity (Wildman–Crippen MR) is 196 cm³/mol. The van der Waals surface area contributed by atoms with Gasteiger partial charge in [-0.1, -0.05) is 86.1 Å². The number of alkyl carbamates (subject to hydrolysis) is 1. The lowest BCUT2D eigenvalue weighted by Crippen LogP contribution is -2.65. The highest BCUT2D eigenvalue weighted by molar-refractivity contribution is 6.48. The molecule has 1 aromatic carbocycles. The quantitative estimate of drug-likeness (QED) is 0.304. The molecule has 3 aliphatic heterocycles. The molecule has 13 heteroatoms. The van der Waals surface area contributed by atoms with Crippen LogP contribution in [0, 0.1) is 28.6 Å². The topological polar surface area (TPSA) is 136 Å². The van der Waals surface area contributed by atoms with Gasteiger partial charge in [0, 0.05) is 19.5 Å². The van der Waals surface area contributed by atoms with Crippen LogP contribution in [0.5, 0.6) is 0 Å². The Bertz CT molecular complexity index is 1510. The number of hydrogen-bond donors (Lipinski definition) is 2. The van der Waals surface area contributed by atoms with Crippen LogP contribution in [0.2, 0.25) is 0 Å². The molecule has 52 heavy (non-hydrogen) atoms. The van der Waals surface area contributed by atoms with E-state index in [0.717, 1.165) is 30.4 Å². The predicted octanol–water partition coefficient (Wildman–Crippen LogP) is 5.46. The van der Waals surface area contributed by atoms with Crippen molar-refractivity contribution in [2.24, 2.45) is 28.6 Å². The first-order valence-electron chi connectivity index (χ1n) is 19.3. The maximum absolute atomic E-state index is 14.5. The molecule has 1 aromatic rings. The van der Waals surface area contributed by atoms with Crippen molar-refractivity contribution in [3.8, 4) is 0 Å². The van der Waals surface area contributed by atoms with Crippen LogP contribution in [-0.4, -0.2) is 89.9 Å². The Balaban J connectivity index is 1.20. The van der Waals surface area contributed by atoms with E-state index < -0.39 is 60.4 Å². The Morgan fingerprint density at radius 2 is 1.69 bits per heavy atom. The minimum absolute atomic E-state index is 0.00587. The molecule has 8 atom stereocenters. The molecular formula is C39H59BN4O8. The van der Waals surface area contributed by atoms with Crippen molar-refractivity contribution in [2.75, 3.05) is 13.2 Å². The van der Waals surface area contributed by atoms with Crippen molar-refractivity contribution in [3.05, 3.63) is 35.4 Å². The normalized spacial score (nSPS) is 29.9. The Hall–Kier alpha value is -3.32. The van der Waals surface area contributed by atoms with Crippen LogP contribution in [0.3, 0.4) is 0 Å². The third-order valence-electron chi connectivity index (χ3n) is 12.4. The number of rotatable bonds is 10. The summed E-state index contributed by atoms with van der Waals surface area (Å²) >= 11 is 0. The highest BCUT2D eigenvalue weighted by Gasteiger charge is 2.68. The molecule has 0 aromatic heterocycles. The summed E-state index contributed by atoms with van der Waals surface area (Å²) in [5, 5.41) is 5.98. The fraction of sp³-hybridized carbons (Fsp3) is 0.744. The van der Waals surface area contributed by atoms with Crippen LogP contribution >= 0.6 is 0 Å². The smallest absolute Gasteiger partial charge is 0.449 e. The van der Waals surface area contributed by atoms with E-state index in [2.05, 4.69) is 38.3 Å². The van der Waals surface area contributed by atoms with Crippen LogP contribution in [-0.2, 0) is 41.5 Å².